The number of anilines is 2. The number of fused-ring (bicyclic) bond motifs is 1. The summed E-state index contributed by atoms with van der Waals surface area (Å²) in [5, 5.41) is 11.7. The van der Waals surface area contributed by atoms with Gasteiger partial charge in [-0.05, 0) is 38.0 Å². The molecule has 3 rings (SSSR count). The lowest BCUT2D eigenvalue weighted by molar-refractivity contribution is 0.0168. The van der Waals surface area contributed by atoms with Crippen molar-refractivity contribution >= 4 is 33.2 Å². The predicted octanol–water partition coefficient (Wildman–Crippen LogP) is 1.58. The lowest BCUT2D eigenvalue weighted by Crippen LogP contribution is -2.32. The average Bonchev–Trinajstić information content (AvgIpc) is 3.11. The summed E-state index contributed by atoms with van der Waals surface area (Å²) in [7, 11) is 0. The van der Waals surface area contributed by atoms with Crippen LogP contribution < -0.4 is 16.4 Å². The summed E-state index contributed by atoms with van der Waals surface area (Å²) in [6.07, 6.45) is 1.29. The Bertz CT molecular complexity index is 948. The number of hydrogen-bond donors (Lipinski definition) is 3. The number of hydroxylamine groups is 1. The monoisotopic (exact) mass is 457 g/mol. The molecule has 10 heteroatoms. The van der Waals surface area contributed by atoms with Gasteiger partial charge in [-0.3, -0.25) is 14.4 Å². The van der Waals surface area contributed by atoms with Crippen LogP contribution in [0.4, 0.5) is 15.8 Å². The highest BCUT2D eigenvalue weighted by Gasteiger charge is 2.27. The maximum atomic E-state index is 14.3. The van der Waals surface area contributed by atoms with Gasteiger partial charge in [0.2, 0.25) is 0 Å². The van der Waals surface area contributed by atoms with E-state index in [1.54, 1.807) is 17.6 Å². The maximum absolute atomic E-state index is 14.3. The van der Waals surface area contributed by atoms with Crippen LogP contribution in [0.5, 0.6) is 0 Å². The van der Waals surface area contributed by atoms with Gasteiger partial charge in [-0.1, -0.05) is 15.9 Å². The van der Waals surface area contributed by atoms with Gasteiger partial charge in [0, 0.05) is 22.3 Å². The van der Waals surface area contributed by atoms with Crippen LogP contribution in [0.3, 0.4) is 0 Å². The van der Waals surface area contributed by atoms with Gasteiger partial charge in [0.05, 0.1) is 30.2 Å². The number of benzene rings is 1. The summed E-state index contributed by atoms with van der Waals surface area (Å²) < 4.78 is 16.4. The third kappa shape index (κ3) is 4.25. The molecule has 0 unspecified atom stereocenters. The number of carbonyl (C=O) groups is 1. The molecule has 0 fully saturated rings. The molecule has 1 amide bonds. The summed E-state index contributed by atoms with van der Waals surface area (Å²) in [4.78, 5) is 30.3. The van der Waals surface area contributed by atoms with Crippen molar-refractivity contribution in [3.8, 4) is 0 Å². The van der Waals surface area contributed by atoms with Gasteiger partial charge in [-0.25, -0.2) is 9.87 Å². The largest absolute Gasteiger partial charge is 0.412 e. The first kappa shape index (κ1) is 22.0. The minimum atomic E-state index is -0.558. The van der Waals surface area contributed by atoms with Crippen molar-refractivity contribution in [2.24, 2.45) is 0 Å². The van der Waals surface area contributed by atoms with E-state index in [0.717, 1.165) is 6.42 Å². The highest BCUT2D eigenvalue weighted by atomic mass is 79.9. The SMILES string of the molecule is Cc1c(Nc2ccc(Br)cc2F)c(C(=O)NOCCO)c2n(c1=O)CCC2.O. The van der Waals surface area contributed by atoms with Gasteiger partial charge < -0.3 is 20.5 Å². The van der Waals surface area contributed by atoms with Crippen molar-refractivity contribution in [3.63, 3.8) is 0 Å². The number of rotatable bonds is 6. The van der Waals surface area contributed by atoms with Crippen molar-refractivity contribution in [1.82, 2.24) is 10.0 Å². The number of nitrogens with one attached hydrogen (secondary N) is 2. The van der Waals surface area contributed by atoms with Crippen molar-refractivity contribution in [1.29, 1.82) is 0 Å². The first-order valence-electron chi connectivity index (χ1n) is 8.45. The molecule has 0 aliphatic carbocycles. The van der Waals surface area contributed by atoms with Gasteiger partial charge in [0.1, 0.15) is 5.82 Å². The van der Waals surface area contributed by atoms with Gasteiger partial charge in [-0.15, -0.1) is 0 Å². The molecule has 0 atom stereocenters. The van der Waals surface area contributed by atoms with Crippen LogP contribution >= 0.6 is 15.9 Å². The molecular weight excluding hydrogens is 437 g/mol. The molecule has 1 aliphatic heterocycles. The predicted molar refractivity (Wildman–Crippen MR) is 105 cm³/mol. The van der Waals surface area contributed by atoms with Crippen LogP contribution in [0.1, 0.15) is 28.0 Å². The third-order valence-corrected chi connectivity index (χ3v) is 4.87. The molecule has 1 aromatic heterocycles. The van der Waals surface area contributed by atoms with Gasteiger partial charge in [0.15, 0.2) is 0 Å². The van der Waals surface area contributed by atoms with Gasteiger partial charge in [-0.2, -0.15) is 0 Å². The molecule has 0 saturated heterocycles. The summed E-state index contributed by atoms with van der Waals surface area (Å²) in [5.74, 6) is -1.08. The first-order chi connectivity index (χ1) is 12.9. The number of aliphatic hydroxyl groups is 1. The van der Waals surface area contributed by atoms with Crippen molar-refractivity contribution in [3.05, 3.63) is 55.7 Å². The second-order valence-corrected chi connectivity index (χ2v) is 7.05. The van der Waals surface area contributed by atoms with E-state index in [4.69, 9.17) is 9.94 Å². The van der Waals surface area contributed by atoms with Crippen LogP contribution in [0.25, 0.3) is 0 Å². The number of aromatic nitrogens is 1. The number of hydrogen-bond acceptors (Lipinski definition) is 5. The highest BCUT2D eigenvalue weighted by Crippen LogP contribution is 2.31. The minimum Gasteiger partial charge on any atom is -0.412 e. The van der Waals surface area contributed by atoms with Gasteiger partial charge in [0.25, 0.3) is 11.5 Å². The Labute approximate surface area is 168 Å². The van der Waals surface area contributed by atoms with Crippen LogP contribution in [-0.2, 0) is 17.8 Å². The van der Waals surface area contributed by atoms with E-state index in [1.165, 1.54) is 12.1 Å². The van der Waals surface area contributed by atoms with Crippen LogP contribution in [0.15, 0.2) is 27.5 Å². The zero-order chi connectivity index (χ0) is 19.6. The van der Waals surface area contributed by atoms with Crippen LogP contribution in [0.2, 0.25) is 0 Å². The Morgan fingerprint density at radius 2 is 2.18 bits per heavy atom. The number of halogens is 2. The molecule has 0 spiro atoms. The third-order valence-electron chi connectivity index (χ3n) is 4.38. The summed E-state index contributed by atoms with van der Waals surface area (Å²) in [5.41, 5.74) is 3.59. The normalized spacial score (nSPS) is 12.3. The quantitative estimate of drug-likeness (QED) is 0.448. The standard InChI is InChI=1S/C18H19BrFN3O4.H2O/c1-10-16(21-13-5-4-11(19)9-12(13)20)15(17(25)22-27-8-7-24)14-3-2-6-23(14)18(10)26;/h4-5,9,21,24H,2-3,6-8H2,1H3,(H,22,25);1H2. The van der Waals surface area contributed by atoms with E-state index in [2.05, 4.69) is 26.7 Å². The Kier molecular flexibility index (Phi) is 7.30. The molecular formula is C18H21BrFN3O5. The Morgan fingerprint density at radius 1 is 1.43 bits per heavy atom. The molecule has 8 nitrogen and oxygen atoms in total. The lowest BCUT2D eigenvalue weighted by Gasteiger charge is -2.19. The molecule has 2 heterocycles. The van der Waals surface area contributed by atoms with Crippen molar-refractivity contribution in [2.75, 3.05) is 18.5 Å². The fourth-order valence-electron chi connectivity index (χ4n) is 3.14. The second-order valence-electron chi connectivity index (χ2n) is 6.13. The molecule has 0 radical (unpaired) electrons. The van der Waals surface area contributed by atoms with E-state index in [9.17, 15) is 14.0 Å². The molecule has 28 heavy (non-hydrogen) atoms. The fraction of sp³-hybridized carbons (Fsp3) is 0.333. The number of carbonyl (C=O) groups excluding carboxylic acids is 1. The Morgan fingerprint density at radius 3 is 2.86 bits per heavy atom. The van der Waals surface area contributed by atoms with E-state index in [0.29, 0.717) is 28.7 Å². The van der Waals surface area contributed by atoms with E-state index in [1.807, 2.05) is 0 Å². The van der Waals surface area contributed by atoms with E-state index >= 15 is 0 Å². The highest BCUT2D eigenvalue weighted by molar-refractivity contribution is 9.10. The molecule has 5 N–H and O–H groups in total. The minimum absolute atomic E-state index is 0. The maximum Gasteiger partial charge on any atom is 0.278 e. The molecule has 152 valence electrons. The summed E-state index contributed by atoms with van der Waals surface area (Å²) >= 11 is 3.20. The topological polar surface area (TPSA) is 124 Å². The Balaban J connectivity index is 0.00000280. The lowest BCUT2D eigenvalue weighted by atomic mass is 10.0. The second kappa shape index (κ2) is 9.28. The molecule has 1 aromatic carbocycles. The zero-order valence-corrected chi connectivity index (χ0v) is 16.7. The summed E-state index contributed by atoms with van der Waals surface area (Å²) in [6.45, 7) is 1.81. The molecule has 1 aliphatic rings. The number of nitrogens with zero attached hydrogens (tertiary/aromatic N) is 1. The van der Waals surface area contributed by atoms with Crippen molar-refractivity contribution in [2.45, 2.75) is 26.3 Å². The van der Waals surface area contributed by atoms with Gasteiger partial charge >= 0.3 is 0 Å². The van der Waals surface area contributed by atoms with E-state index < -0.39 is 11.7 Å². The number of aliphatic hydroxyl groups excluding tert-OH is 1. The van der Waals surface area contributed by atoms with Crippen molar-refractivity contribution < 1.29 is 24.6 Å². The Hall–Kier alpha value is -2.27. The molecule has 0 bridgehead atoms. The zero-order valence-electron chi connectivity index (χ0n) is 15.1. The average molecular weight is 458 g/mol. The smallest absolute Gasteiger partial charge is 0.278 e. The number of pyridine rings is 1. The fourth-order valence-corrected chi connectivity index (χ4v) is 3.47. The first-order valence-corrected chi connectivity index (χ1v) is 9.24. The van der Waals surface area contributed by atoms with E-state index in [-0.39, 0.29) is 41.2 Å². The molecule has 0 saturated carbocycles. The molecule has 2 aromatic rings. The summed E-state index contributed by atoms with van der Waals surface area (Å²) in [6, 6.07) is 4.47. The van der Waals surface area contributed by atoms with Crippen LogP contribution in [-0.4, -0.2) is 34.3 Å². The van der Waals surface area contributed by atoms with Crippen LogP contribution in [0, 0.1) is 12.7 Å². The number of amides is 1.